The van der Waals surface area contributed by atoms with Crippen LogP contribution in [0.2, 0.25) is 0 Å². The van der Waals surface area contributed by atoms with E-state index in [0.29, 0.717) is 17.9 Å². The van der Waals surface area contributed by atoms with Gasteiger partial charge in [0.15, 0.2) is 9.84 Å². The van der Waals surface area contributed by atoms with Gasteiger partial charge in [0, 0.05) is 11.9 Å². The van der Waals surface area contributed by atoms with Crippen LogP contribution < -0.4 is 5.32 Å². The summed E-state index contributed by atoms with van der Waals surface area (Å²) in [6.07, 6.45) is 2.80. The van der Waals surface area contributed by atoms with Crippen LogP contribution in [0.5, 0.6) is 0 Å². The number of ether oxygens (including phenoxy) is 1. The predicted molar refractivity (Wildman–Crippen MR) is 99.1 cm³/mol. The molecule has 0 aliphatic heterocycles. The fourth-order valence-corrected chi connectivity index (χ4v) is 3.14. The Morgan fingerprint density at radius 3 is 2.31 bits per heavy atom. The summed E-state index contributed by atoms with van der Waals surface area (Å²) in [6, 6.07) is 12.2. The van der Waals surface area contributed by atoms with E-state index in [4.69, 9.17) is 4.74 Å². The van der Waals surface area contributed by atoms with Crippen molar-refractivity contribution in [2.24, 2.45) is 0 Å². The summed E-state index contributed by atoms with van der Waals surface area (Å²) in [7, 11) is -3.52. The minimum absolute atomic E-state index is 0.0337. The molecule has 0 aliphatic rings. The summed E-state index contributed by atoms with van der Waals surface area (Å²) in [5, 5.41) is 2.63. The third-order valence-electron chi connectivity index (χ3n) is 3.64. The molecule has 7 heteroatoms. The van der Waals surface area contributed by atoms with Crippen molar-refractivity contribution < 1.29 is 22.7 Å². The van der Waals surface area contributed by atoms with E-state index in [9.17, 15) is 18.0 Å². The highest BCUT2D eigenvalue weighted by atomic mass is 32.2. The first-order valence-corrected chi connectivity index (χ1v) is 10.1. The highest BCUT2D eigenvalue weighted by Crippen LogP contribution is 2.18. The quantitative estimate of drug-likeness (QED) is 0.592. The molecule has 0 fully saturated rings. The molecule has 0 radical (unpaired) electrons. The van der Waals surface area contributed by atoms with Crippen molar-refractivity contribution in [3.05, 3.63) is 59.7 Å². The lowest BCUT2D eigenvalue weighted by atomic mass is 10.2. The zero-order chi connectivity index (χ0) is 19.2. The van der Waals surface area contributed by atoms with Gasteiger partial charge in [-0.3, -0.25) is 4.79 Å². The Kier molecular flexibility index (Phi) is 6.52. The molecule has 0 aliphatic carbocycles. The summed E-state index contributed by atoms with van der Waals surface area (Å²) < 4.78 is 28.7. The van der Waals surface area contributed by atoms with Gasteiger partial charge in [0.05, 0.1) is 22.6 Å². The number of hydrogen-bond donors (Lipinski definition) is 1. The average molecular weight is 375 g/mol. The molecule has 0 atom stereocenters. The monoisotopic (exact) mass is 375 g/mol. The average Bonchev–Trinajstić information content (AvgIpc) is 2.61. The van der Waals surface area contributed by atoms with Crippen molar-refractivity contribution in [2.75, 3.05) is 18.2 Å². The van der Waals surface area contributed by atoms with Crippen LogP contribution >= 0.6 is 0 Å². The Labute approximate surface area is 153 Å². The molecule has 0 spiro atoms. The predicted octanol–water partition coefficient (Wildman–Crippen LogP) is 3.30. The van der Waals surface area contributed by atoms with Crippen molar-refractivity contribution in [1.82, 2.24) is 0 Å². The number of unbranched alkanes of at least 4 members (excludes halogenated alkanes) is 1. The summed E-state index contributed by atoms with van der Waals surface area (Å²) in [5.74, 6) is -0.956. The van der Waals surface area contributed by atoms with Gasteiger partial charge in [-0.1, -0.05) is 25.5 Å². The maximum Gasteiger partial charge on any atom is 0.338 e. The molecule has 2 aromatic carbocycles. The molecule has 26 heavy (non-hydrogen) atoms. The summed E-state index contributed by atoms with van der Waals surface area (Å²) in [4.78, 5) is 24.2. The Balaban J connectivity index is 2.10. The number of amides is 1. The number of benzene rings is 2. The normalized spacial score (nSPS) is 11.0. The smallest absolute Gasteiger partial charge is 0.338 e. The first-order valence-electron chi connectivity index (χ1n) is 8.20. The van der Waals surface area contributed by atoms with E-state index in [1.807, 2.05) is 6.92 Å². The lowest BCUT2D eigenvalue weighted by Gasteiger charge is -2.09. The molecule has 6 nitrogen and oxygen atoms in total. The molecule has 0 aromatic heterocycles. The molecule has 0 bridgehead atoms. The van der Waals surface area contributed by atoms with Crippen molar-refractivity contribution in [3.63, 3.8) is 0 Å². The van der Waals surface area contributed by atoms with Gasteiger partial charge in [0.1, 0.15) is 0 Å². The van der Waals surface area contributed by atoms with E-state index in [-0.39, 0.29) is 10.5 Å². The van der Waals surface area contributed by atoms with E-state index in [1.165, 1.54) is 12.1 Å². The molecule has 0 saturated heterocycles. The Morgan fingerprint density at radius 2 is 1.69 bits per heavy atom. The number of anilines is 1. The van der Waals surface area contributed by atoms with Gasteiger partial charge in [-0.2, -0.15) is 0 Å². The molecule has 0 heterocycles. The molecule has 2 aromatic rings. The number of hydrogen-bond acceptors (Lipinski definition) is 5. The van der Waals surface area contributed by atoms with Crippen molar-refractivity contribution in [2.45, 2.75) is 24.7 Å². The topological polar surface area (TPSA) is 89.5 Å². The van der Waals surface area contributed by atoms with E-state index in [2.05, 4.69) is 5.32 Å². The maximum atomic E-state index is 12.4. The number of carbonyl (C=O) groups is 2. The fourth-order valence-electron chi connectivity index (χ4n) is 2.26. The third-order valence-corrected chi connectivity index (χ3v) is 4.80. The van der Waals surface area contributed by atoms with Crippen LogP contribution in [0, 0.1) is 0 Å². The molecular formula is C19H21NO5S. The second-order valence-electron chi connectivity index (χ2n) is 5.79. The summed E-state index contributed by atoms with van der Waals surface area (Å²) in [6.45, 7) is 2.38. The molecule has 0 saturated carbocycles. The van der Waals surface area contributed by atoms with E-state index in [1.54, 1.807) is 36.4 Å². The Morgan fingerprint density at radius 1 is 1.04 bits per heavy atom. The van der Waals surface area contributed by atoms with Crippen molar-refractivity contribution >= 4 is 27.4 Å². The second-order valence-corrected chi connectivity index (χ2v) is 7.77. The molecule has 138 valence electrons. The van der Waals surface area contributed by atoms with Crippen molar-refractivity contribution in [3.8, 4) is 0 Å². The number of carbonyl (C=O) groups excluding carboxylic acids is 2. The van der Waals surface area contributed by atoms with Crippen LogP contribution in [0.25, 0.3) is 0 Å². The van der Waals surface area contributed by atoms with Crippen LogP contribution in [0.3, 0.4) is 0 Å². The van der Waals surface area contributed by atoms with Crippen molar-refractivity contribution in [1.29, 1.82) is 0 Å². The van der Waals surface area contributed by atoms with Gasteiger partial charge in [-0.05, 0) is 42.8 Å². The lowest BCUT2D eigenvalue weighted by molar-refractivity contribution is 0.0499. The highest BCUT2D eigenvalue weighted by Gasteiger charge is 2.18. The van der Waals surface area contributed by atoms with Crippen LogP contribution in [0.1, 0.15) is 40.5 Å². The van der Waals surface area contributed by atoms with Gasteiger partial charge in [-0.25, -0.2) is 13.2 Å². The van der Waals surface area contributed by atoms with Crippen LogP contribution in [-0.2, 0) is 14.6 Å². The molecule has 1 N–H and O–H groups in total. The molecule has 0 unspecified atom stereocenters. The minimum Gasteiger partial charge on any atom is -0.462 e. The molecular weight excluding hydrogens is 354 g/mol. The molecule has 1 amide bonds. The first kappa shape index (κ1) is 19.7. The number of nitrogens with one attached hydrogen (secondary N) is 1. The summed E-state index contributed by atoms with van der Waals surface area (Å²) >= 11 is 0. The second kappa shape index (κ2) is 8.62. The van der Waals surface area contributed by atoms with E-state index >= 15 is 0 Å². The summed E-state index contributed by atoms with van der Waals surface area (Å²) in [5.41, 5.74) is 0.900. The molecule has 2 rings (SSSR count). The zero-order valence-corrected chi connectivity index (χ0v) is 15.5. The van der Waals surface area contributed by atoms with Crippen LogP contribution in [0.4, 0.5) is 5.69 Å². The SMILES string of the molecule is CCCCOC(=O)c1ccc(NC(=O)c2ccccc2S(C)(=O)=O)cc1. The van der Waals surface area contributed by atoms with Gasteiger partial charge in [-0.15, -0.1) is 0 Å². The maximum absolute atomic E-state index is 12.4. The van der Waals surface area contributed by atoms with E-state index < -0.39 is 21.7 Å². The minimum atomic E-state index is -3.52. The van der Waals surface area contributed by atoms with Crippen LogP contribution in [0.15, 0.2) is 53.4 Å². The highest BCUT2D eigenvalue weighted by molar-refractivity contribution is 7.90. The largest absolute Gasteiger partial charge is 0.462 e. The first-order chi connectivity index (χ1) is 12.3. The number of rotatable bonds is 7. The van der Waals surface area contributed by atoms with Gasteiger partial charge in [0.2, 0.25) is 0 Å². The Bertz CT molecular complexity index is 888. The van der Waals surface area contributed by atoms with Crippen LogP contribution in [-0.4, -0.2) is 33.2 Å². The zero-order valence-electron chi connectivity index (χ0n) is 14.7. The third kappa shape index (κ3) is 5.16. The van der Waals surface area contributed by atoms with Gasteiger partial charge in [0.25, 0.3) is 5.91 Å². The van der Waals surface area contributed by atoms with Gasteiger partial charge >= 0.3 is 5.97 Å². The lowest BCUT2D eigenvalue weighted by Crippen LogP contribution is -2.16. The van der Waals surface area contributed by atoms with E-state index in [0.717, 1.165) is 19.1 Å². The van der Waals surface area contributed by atoms with Gasteiger partial charge < -0.3 is 10.1 Å². The number of esters is 1. The standard InChI is InChI=1S/C19H21NO5S/c1-3-4-13-25-19(22)14-9-11-15(12-10-14)20-18(21)16-7-5-6-8-17(16)26(2,23)24/h5-12H,3-4,13H2,1-2H3,(H,20,21). The number of sulfone groups is 1. The fraction of sp³-hybridized carbons (Fsp3) is 0.263. The Hall–Kier alpha value is -2.67.